The molecule has 1 aromatic heterocycles. The van der Waals surface area contributed by atoms with Crippen molar-refractivity contribution >= 4 is 22.3 Å². The molecular formula is C12H19NO4S. The first-order chi connectivity index (χ1) is 8.60. The zero-order chi connectivity index (χ0) is 13.5. The number of ether oxygens (including phenoxy) is 2. The molecule has 102 valence electrons. The second-order valence-corrected chi connectivity index (χ2v) is 5.00. The number of carboxylic acids is 1. The lowest BCUT2D eigenvalue weighted by Gasteiger charge is -2.29. The Morgan fingerprint density at radius 1 is 1.44 bits per heavy atom. The Hall–Kier alpha value is -1.11. The minimum absolute atomic E-state index is 0.172. The van der Waals surface area contributed by atoms with E-state index < -0.39 is 5.97 Å². The normalized spacial score (nSPS) is 12.4. The summed E-state index contributed by atoms with van der Waals surface area (Å²) in [5.41, 5.74) is 0. The average Bonchev–Trinajstić information content (AvgIpc) is 2.79. The number of carboxylic acid groups (broad SMARTS) is 1. The molecule has 0 aliphatic heterocycles. The maximum Gasteiger partial charge on any atom is 0.345 e. The van der Waals surface area contributed by atoms with E-state index in [4.69, 9.17) is 14.6 Å². The summed E-state index contributed by atoms with van der Waals surface area (Å²) < 4.78 is 10.2. The summed E-state index contributed by atoms with van der Waals surface area (Å²) in [6.07, 6.45) is 0. The number of nitrogens with zero attached hydrogens (tertiary/aromatic N) is 1. The van der Waals surface area contributed by atoms with Crippen LogP contribution in [0.15, 0.2) is 12.1 Å². The third-order valence-corrected chi connectivity index (χ3v) is 3.67. The van der Waals surface area contributed by atoms with Crippen molar-refractivity contribution in [2.45, 2.75) is 13.0 Å². The van der Waals surface area contributed by atoms with Crippen LogP contribution in [0.1, 0.15) is 16.6 Å². The van der Waals surface area contributed by atoms with Crippen molar-refractivity contribution in [1.82, 2.24) is 0 Å². The quantitative estimate of drug-likeness (QED) is 0.784. The van der Waals surface area contributed by atoms with Gasteiger partial charge in [-0.2, -0.15) is 0 Å². The molecular weight excluding hydrogens is 254 g/mol. The van der Waals surface area contributed by atoms with E-state index in [1.807, 2.05) is 13.0 Å². The van der Waals surface area contributed by atoms with E-state index in [9.17, 15) is 4.79 Å². The zero-order valence-corrected chi connectivity index (χ0v) is 11.7. The van der Waals surface area contributed by atoms with Crippen LogP contribution >= 0.6 is 11.3 Å². The van der Waals surface area contributed by atoms with Gasteiger partial charge in [0.25, 0.3) is 0 Å². The van der Waals surface area contributed by atoms with Gasteiger partial charge in [0, 0.05) is 20.8 Å². The van der Waals surface area contributed by atoms with Gasteiger partial charge in [-0.15, -0.1) is 11.3 Å². The number of anilines is 1. The van der Waals surface area contributed by atoms with Crippen LogP contribution in [0.4, 0.5) is 5.00 Å². The fourth-order valence-corrected chi connectivity index (χ4v) is 2.64. The Morgan fingerprint density at radius 2 is 2.17 bits per heavy atom. The molecule has 0 radical (unpaired) electrons. The molecule has 0 saturated carbocycles. The van der Waals surface area contributed by atoms with Crippen molar-refractivity contribution in [1.29, 1.82) is 0 Å². The van der Waals surface area contributed by atoms with Crippen LogP contribution in [0, 0.1) is 0 Å². The van der Waals surface area contributed by atoms with Gasteiger partial charge in [0.1, 0.15) is 4.88 Å². The van der Waals surface area contributed by atoms with Crippen molar-refractivity contribution in [2.24, 2.45) is 0 Å². The molecule has 0 aromatic carbocycles. The number of hydrogen-bond acceptors (Lipinski definition) is 5. The summed E-state index contributed by atoms with van der Waals surface area (Å²) in [6, 6.07) is 3.63. The third kappa shape index (κ3) is 3.97. The zero-order valence-electron chi connectivity index (χ0n) is 10.9. The monoisotopic (exact) mass is 273 g/mol. The molecule has 1 heterocycles. The van der Waals surface area contributed by atoms with Gasteiger partial charge in [-0.25, -0.2) is 4.79 Å². The van der Waals surface area contributed by atoms with Crippen molar-refractivity contribution in [3.63, 3.8) is 0 Å². The topological polar surface area (TPSA) is 59.0 Å². The molecule has 18 heavy (non-hydrogen) atoms. The van der Waals surface area contributed by atoms with Gasteiger partial charge in [-0.05, 0) is 19.1 Å². The Kier molecular flexibility index (Phi) is 6.11. The first-order valence-electron chi connectivity index (χ1n) is 5.67. The van der Waals surface area contributed by atoms with Crippen LogP contribution in [0.5, 0.6) is 0 Å². The first kappa shape index (κ1) is 14.9. The molecule has 6 heteroatoms. The fraction of sp³-hybridized carbons (Fsp3) is 0.583. The number of carbonyl (C=O) groups is 1. The summed E-state index contributed by atoms with van der Waals surface area (Å²) >= 11 is 1.27. The standard InChI is InChI=1S/C12H19NO4S/c1-9(8-17-3)13(6-7-16-2)11-5-4-10(18-11)12(14)15/h4-5,9H,6-8H2,1-3H3,(H,14,15). The van der Waals surface area contributed by atoms with Crippen molar-refractivity contribution in [3.8, 4) is 0 Å². The maximum atomic E-state index is 10.9. The van der Waals surface area contributed by atoms with Gasteiger partial charge < -0.3 is 19.5 Å². The van der Waals surface area contributed by atoms with Gasteiger partial charge in [0.2, 0.25) is 0 Å². The Bertz CT molecular complexity index is 380. The van der Waals surface area contributed by atoms with Gasteiger partial charge in [0.05, 0.1) is 24.3 Å². The van der Waals surface area contributed by atoms with Gasteiger partial charge in [0.15, 0.2) is 0 Å². The van der Waals surface area contributed by atoms with E-state index in [0.29, 0.717) is 24.6 Å². The molecule has 0 spiro atoms. The van der Waals surface area contributed by atoms with Crippen LogP contribution in [-0.4, -0.2) is 51.1 Å². The second-order valence-electron chi connectivity index (χ2n) is 3.93. The highest BCUT2D eigenvalue weighted by Crippen LogP contribution is 2.27. The predicted molar refractivity (Wildman–Crippen MR) is 71.8 cm³/mol. The molecule has 1 N–H and O–H groups in total. The second kappa shape index (κ2) is 7.35. The molecule has 0 saturated heterocycles. The molecule has 0 aliphatic rings. The SMILES string of the molecule is COCCN(c1ccc(C(=O)O)s1)C(C)COC. The highest BCUT2D eigenvalue weighted by Gasteiger charge is 2.17. The van der Waals surface area contributed by atoms with E-state index >= 15 is 0 Å². The molecule has 0 bridgehead atoms. The Morgan fingerprint density at radius 3 is 2.67 bits per heavy atom. The van der Waals surface area contributed by atoms with Crippen LogP contribution in [0.3, 0.4) is 0 Å². The number of thiophene rings is 1. The van der Waals surface area contributed by atoms with Crippen molar-refractivity contribution in [3.05, 3.63) is 17.0 Å². The summed E-state index contributed by atoms with van der Waals surface area (Å²) in [6.45, 7) is 3.93. The van der Waals surface area contributed by atoms with Gasteiger partial charge in [-0.3, -0.25) is 0 Å². The van der Waals surface area contributed by atoms with E-state index in [1.54, 1.807) is 20.3 Å². The molecule has 1 unspecified atom stereocenters. The predicted octanol–water partition coefficient (Wildman–Crippen LogP) is 1.93. The van der Waals surface area contributed by atoms with E-state index in [1.165, 1.54) is 11.3 Å². The minimum atomic E-state index is -0.891. The molecule has 5 nitrogen and oxygen atoms in total. The van der Waals surface area contributed by atoms with Crippen LogP contribution < -0.4 is 4.90 Å². The molecule has 0 aliphatic carbocycles. The van der Waals surface area contributed by atoms with Crippen LogP contribution in [-0.2, 0) is 9.47 Å². The largest absolute Gasteiger partial charge is 0.477 e. The highest BCUT2D eigenvalue weighted by molar-refractivity contribution is 7.17. The number of hydrogen-bond donors (Lipinski definition) is 1. The van der Waals surface area contributed by atoms with Crippen LogP contribution in [0.2, 0.25) is 0 Å². The highest BCUT2D eigenvalue weighted by atomic mass is 32.1. The molecule has 1 rings (SSSR count). The molecule has 0 fully saturated rings. The van der Waals surface area contributed by atoms with E-state index in [2.05, 4.69) is 4.90 Å². The van der Waals surface area contributed by atoms with Gasteiger partial charge in [-0.1, -0.05) is 0 Å². The lowest BCUT2D eigenvalue weighted by molar-refractivity contribution is 0.0702. The van der Waals surface area contributed by atoms with Crippen molar-refractivity contribution in [2.75, 3.05) is 38.9 Å². The Labute approximate surface area is 111 Å². The van der Waals surface area contributed by atoms with E-state index in [0.717, 1.165) is 5.00 Å². The number of rotatable bonds is 8. The summed E-state index contributed by atoms with van der Waals surface area (Å²) in [4.78, 5) is 13.3. The lowest BCUT2D eigenvalue weighted by Crippen LogP contribution is -2.38. The number of aromatic carboxylic acids is 1. The van der Waals surface area contributed by atoms with Gasteiger partial charge >= 0.3 is 5.97 Å². The van der Waals surface area contributed by atoms with E-state index in [-0.39, 0.29) is 6.04 Å². The summed E-state index contributed by atoms with van der Waals surface area (Å²) in [5, 5.41) is 9.87. The molecule has 1 atom stereocenters. The summed E-state index contributed by atoms with van der Waals surface area (Å²) in [5.74, 6) is -0.891. The average molecular weight is 273 g/mol. The Balaban J connectivity index is 2.82. The fourth-order valence-electron chi connectivity index (χ4n) is 1.67. The number of methoxy groups -OCH3 is 2. The first-order valence-corrected chi connectivity index (χ1v) is 6.49. The third-order valence-electron chi connectivity index (χ3n) is 2.56. The molecule has 1 aromatic rings. The molecule has 0 amide bonds. The summed E-state index contributed by atoms with van der Waals surface area (Å²) in [7, 11) is 3.30. The van der Waals surface area contributed by atoms with Crippen molar-refractivity contribution < 1.29 is 19.4 Å². The van der Waals surface area contributed by atoms with Crippen LogP contribution in [0.25, 0.3) is 0 Å². The maximum absolute atomic E-state index is 10.9. The lowest BCUT2D eigenvalue weighted by atomic mass is 10.3. The minimum Gasteiger partial charge on any atom is -0.477 e. The smallest absolute Gasteiger partial charge is 0.345 e.